The number of nitrogens with one attached hydrogen (secondary N) is 3. The van der Waals surface area contributed by atoms with Crippen molar-refractivity contribution in [1.29, 1.82) is 0 Å². The van der Waals surface area contributed by atoms with E-state index in [9.17, 15) is 0 Å². The van der Waals surface area contributed by atoms with Crippen molar-refractivity contribution in [3.8, 4) is 0 Å². The van der Waals surface area contributed by atoms with Crippen LogP contribution in [0.15, 0.2) is 54.2 Å². The maximum absolute atomic E-state index is 4.32. The summed E-state index contributed by atoms with van der Waals surface area (Å²) >= 11 is 0. The molecular weight excluding hydrogens is 374 g/mol. The summed E-state index contributed by atoms with van der Waals surface area (Å²) in [5.41, 5.74) is 7.94. The number of benzene rings is 1. The van der Waals surface area contributed by atoms with Crippen molar-refractivity contribution in [3.05, 3.63) is 60.4 Å². The fourth-order valence-electron chi connectivity index (χ4n) is 3.62. The fourth-order valence-corrected chi connectivity index (χ4v) is 3.62. The fraction of sp³-hybridized carbons (Fsp3) is 0.391. The highest BCUT2D eigenvalue weighted by atomic mass is 15.5. The average Bonchev–Trinajstić information content (AvgIpc) is 3.44. The molecule has 0 radical (unpaired) electrons. The highest BCUT2D eigenvalue weighted by Crippen LogP contribution is 2.24. The molecule has 1 aromatic heterocycles. The molecule has 1 atom stereocenters. The van der Waals surface area contributed by atoms with Gasteiger partial charge in [-0.2, -0.15) is 0 Å². The molecule has 1 saturated heterocycles. The average molecular weight is 408 g/mol. The van der Waals surface area contributed by atoms with Crippen molar-refractivity contribution < 1.29 is 0 Å². The molecular formula is C23H33N7. The molecule has 0 saturated carbocycles. The van der Waals surface area contributed by atoms with Crippen molar-refractivity contribution in [2.45, 2.75) is 32.6 Å². The van der Waals surface area contributed by atoms with Crippen LogP contribution in [-0.4, -0.2) is 47.6 Å². The Hall–Kier alpha value is -2.90. The van der Waals surface area contributed by atoms with Crippen molar-refractivity contribution in [2.24, 2.45) is 4.99 Å². The molecule has 1 fully saturated rings. The third kappa shape index (κ3) is 5.81. The van der Waals surface area contributed by atoms with Gasteiger partial charge in [0.1, 0.15) is 0 Å². The molecule has 7 heteroatoms. The maximum atomic E-state index is 4.32. The van der Waals surface area contributed by atoms with Gasteiger partial charge in [-0.3, -0.25) is 0 Å². The molecule has 1 aromatic carbocycles. The van der Waals surface area contributed by atoms with Crippen LogP contribution in [0, 0.1) is 0 Å². The number of rotatable bonds is 6. The summed E-state index contributed by atoms with van der Waals surface area (Å²) in [6, 6.07) is 8.65. The predicted molar refractivity (Wildman–Crippen MR) is 126 cm³/mol. The Labute approximate surface area is 179 Å². The summed E-state index contributed by atoms with van der Waals surface area (Å²) in [6.45, 7) is 7.03. The van der Waals surface area contributed by atoms with Crippen molar-refractivity contribution >= 4 is 23.8 Å². The van der Waals surface area contributed by atoms with Gasteiger partial charge in [0.15, 0.2) is 0 Å². The normalized spacial score (nSPS) is 19.1. The van der Waals surface area contributed by atoms with Gasteiger partial charge >= 0.3 is 0 Å². The number of piperidine rings is 1. The quantitative estimate of drug-likeness (QED) is 0.503. The molecule has 3 N–H and O–H groups in total. The highest BCUT2D eigenvalue weighted by molar-refractivity contribution is 5.76. The van der Waals surface area contributed by atoms with Crippen LogP contribution in [0.2, 0.25) is 0 Å². The van der Waals surface area contributed by atoms with Gasteiger partial charge in [-0.15, -0.1) is 0 Å². The van der Waals surface area contributed by atoms with E-state index in [-0.39, 0.29) is 0 Å². The van der Waals surface area contributed by atoms with E-state index in [0.717, 1.165) is 31.0 Å². The van der Waals surface area contributed by atoms with Crippen molar-refractivity contribution in [1.82, 2.24) is 25.3 Å². The Kier molecular flexibility index (Phi) is 8.23. The topological polar surface area (TPSA) is 69.5 Å². The molecule has 3 heterocycles. The first kappa shape index (κ1) is 21.8. The number of aromatic nitrogens is 2. The van der Waals surface area contributed by atoms with Gasteiger partial charge in [-0.05, 0) is 43.0 Å². The second kappa shape index (κ2) is 11.3. The minimum atomic E-state index is 0.633. The first-order valence-electron chi connectivity index (χ1n) is 10.7. The summed E-state index contributed by atoms with van der Waals surface area (Å²) in [5.74, 6) is 0.633. The second-order valence-electron chi connectivity index (χ2n) is 7.17. The molecule has 2 aliphatic rings. The first-order valence-corrected chi connectivity index (χ1v) is 10.7. The lowest BCUT2D eigenvalue weighted by Gasteiger charge is -2.23. The number of hydrazine groups is 1. The van der Waals surface area contributed by atoms with Gasteiger partial charge in [0.05, 0.1) is 24.6 Å². The Bertz CT molecular complexity index is 858. The van der Waals surface area contributed by atoms with Gasteiger partial charge in [0, 0.05) is 50.0 Å². The zero-order valence-corrected chi connectivity index (χ0v) is 18.2. The number of aliphatic imine (C=N–C) groups is 1. The van der Waals surface area contributed by atoms with Crippen LogP contribution >= 0.6 is 0 Å². The number of nitrogens with zero attached hydrogens (tertiary/aromatic N) is 4. The summed E-state index contributed by atoms with van der Waals surface area (Å²) in [4.78, 5) is 8.55. The molecule has 0 aliphatic carbocycles. The molecule has 0 amide bonds. The van der Waals surface area contributed by atoms with Crippen molar-refractivity contribution in [3.63, 3.8) is 0 Å². The van der Waals surface area contributed by atoms with Crippen LogP contribution in [0.3, 0.4) is 0 Å². The van der Waals surface area contributed by atoms with Gasteiger partial charge in [0.25, 0.3) is 0 Å². The summed E-state index contributed by atoms with van der Waals surface area (Å²) in [5, 5.41) is 8.64. The van der Waals surface area contributed by atoms with E-state index in [1.54, 1.807) is 18.9 Å². The van der Waals surface area contributed by atoms with Crippen LogP contribution in [0.25, 0.3) is 11.8 Å². The van der Waals surface area contributed by atoms with Crippen LogP contribution in [0.4, 0.5) is 5.69 Å². The Morgan fingerprint density at radius 3 is 2.77 bits per heavy atom. The zero-order chi connectivity index (χ0) is 21.2. The highest BCUT2D eigenvalue weighted by Gasteiger charge is 2.14. The number of imidazole rings is 1. The van der Waals surface area contributed by atoms with Crippen LogP contribution in [0.1, 0.15) is 43.9 Å². The maximum Gasteiger partial charge on any atom is 0.0992 e. The van der Waals surface area contributed by atoms with E-state index in [1.165, 1.54) is 24.0 Å². The van der Waals surface area contributed by atoms with Crippen LogP contribution in [0.5, 0.6) is 0 Å². The molecule has 160 valence electrons. The number of anilines is 1. The zero-order valence-electron chi connectivity index (χ0n) is 18.2. The molecule has 30 heavy (non-hydrogen) atoms. The first-order chi connectivity index (χ1) is 14.8. The van der Waals surface area contributed by atoms with E-state index in [4.69, 9.17) is 0 Å². The number of hydrogen-bond acceptors (Lipinski definition) is 5. The van der Waals surface area contributed by atoms with Crippen LogP contribution in [-0.2, 0) is 0 Å². The largest absolute Gasteiger partial charge is 0.346 e. The lowest BCUT2D eigenvalue weighted by Crippen LogP contribution is -2.28. The smallest absolute Gasteiger partial charge is 0.0992 e. The standard InChI is InChI=1S/C21H27N7.C2H6/c1-27-14-19(12-26-27)21-13-24-16-28(21)10-9-23-15-25-20-6-4-17(5-7-20)18-3-2-8-22-11-18;1-2/h4-7,9-10,13-16,18,22,26H,2-3,8,11-12H2,1H3,(H,23,25);1-2H3/b10-9-;. The minimum Gasteiger partial charge on any atom is -0.346 e. The molecule has 0 bridgehead atoms. The lowest BCUT2D eigenvalue weighted by atomic mass is 9.92. The summed E-state index contributed by atoms with van der Waals surface area (Å²) in [6.07, 6.45) is 13.6. The van der Waals surface area contributed by atoms with E-state index < -0.39 is 0 Å². The molecule has 4 rings (SSSR count). The molecule has 2 aliphatic heterocycles. The third-order valence-electron chi connectivity index (χ3n) is 5.16. The van der Waals surface area contributed by atoms with Crippen LogP contribution < -0.4 is 16.1 Å². The SMILES string of the molecule is CC.CN1C=C(c2cncn2/C=C\N=CNc2ccc(C3CCCNC3)cc2)CN1. The Balaban J connectivity index is 0.00000124. The van der Waals surface area contributed by atoms with Gasteiger partial charge < -0.3 is 20.2 Å². The summed E-state index contributed by atoms with van der Waals surface area (Å²) < 4.78 is 1.97. The minimum absolute atomic E-state index is 0.633. The lowest BCUT2D eigenvalue weighted by molar-refractivity contribution is 0.374. The molecule has 2 aromatic rings. The monoisotopic (exact) mass is 407 g/mol. The Morgan fingerprint density at radius 2 is 2.07 bits per heavy atom. The van der Waals surface area contributed by atoms with Gasteiger partial charge in [-0.25, -0.2) is 15.4 Å². The summed E-state index contributed by atoms with van der Waals surface area (Å²) in [7, 11) is 1.98. The second-order valence-corrected chi connectivity index (χ2v) is 7.17. The third-order valence-corrected chi connectivity index (χ3v) is 5.16. The Morgan fingerprint density at radius 1 is 1.23 bits per heavy atom. The van der Waals surface area contributed by atoms with Crippen molar-refractivity contribution in [2.75, 3.05) is 32.0 Å². The van der Waals surface area contributed by atoms with Gasteiger partial charge in [-0.1, -0.05) is 26.0 Å². The van der Waals surface area contributed by atoms with E-state index in [2.05, 4.69) is 56.5 Å². The van der Waals surface area contributed by atoms with E-state index in [1.807, 2.05) is 42.9 Å². The molecule has 0 spiro atoms. The molecule has 1 unspecified atom stereocenters. The predicted octanol–water partition coefficient (Wildman–Crippen LogP) is 3.74. The molecule has 7 nitrogen and oxygen atoms in total. The number of hydrogen-bond donors (Lipinski definition) is 3. The van der Waals surface area contributed by atoms with E-state index >= 15 is 0 Å². The van der Waals surface area contributed by atoms with Gasteiger partial charge in [0.2, 0.25) is 0 Å². The van der Waals surface area contributed by atoms with E-state index in [0.29, 0.717) is 5.92 Å².